The summed E-state index contributed by atoms with van der Waals surface area (Å²) in [5.41, 5.74) is 0.768. The minimum atomic E-state index is -1.16. The van der Waals surface area contributed by atoms with E-state index < -0.39 is 11.6 Å². The minimum absolute atomic E-state index is 0.111. The quantitative estimate of drug-likeness (QED) is 0.788. The first-order valence-corrected chi connectivity index (χ1v) is 9.22. The van der Waals surface area contributed by atoms with E-state index in [0.717, 1.165) is 5.69 Å². The summed E-state index contributed by atoms with van der Waals surface area (Å²) in [4.78, 5) is 35.7. The van der Waals surface area contributed by atoms with Crippen LogP contribution in [0.15, 0.2) is 36.5 Å². The number of carbonyl (C=O) groups excluding carboxylic acids is 2. The van der Waals surface area contributed by atoms with Crippen LogP contribution in [0.25, 0.3) is 0 Å². The number of pyridine rings is 2. The summed E-state index contributed by atoms with van der Waals surface area (Å²) in [7, 11) is 0. The lowest BCUT2D eigenvalue weighted by molar-refractivity contribution is -0.126. The number of piperidine rings is 1. The van der Waals surface area contributed by atoms with E-state index in [4.69, 9.17) is 0 Å². The van der Waals surface area contributed by atoms with Crippen LogP contribution in [0.2, 0.25) is 0 Å². The smallest absolute Gasteiger partial charge is 0.322 e. The standard InChI is InChI=1S/C20H20N6O2/c1-13-5-6-14(12-21)17(23-13)26-10-7-15(8-11-26)20(16-4-2-3-9-22-16)18(27)24-19(28)25-20/h2-6,9,15H,7-8,10-11H2,1H3,(H2,24,25,27,28). The summed E-state index contributed by atoms with van der Waals surface area (Å²) >= 11 is 0. The lowest BCUT2D eigenvalue weighted by atomic mass is 9.75. The molecule has 4 rings (SSSR count). The van der Waals surface area contributed by atoms with Crippen molar-refractivity contribution in [1.82, 2.24) is 20.6 Å². The Hall–Kier alpha value is -3.47. The number of carbonyl (C=O) groups is 2. The Balaban J connectivity index is 1.62. The second-order valence-corrected chi connectivity index (χ2v) is 7.13. The summed E-state index contributed by atoms with van der Waals surface area (Å²) in [6, 6.07) is 10.7. The number of imide groups is 1. The highest BCUT2D eigenvalue weighted by Crippen LogP contribution is 2.39. The van der Waals surface area contributed by atoms with Crippen molar-refractivity contribution in [2.75, 3.05) is 18.0 Å². The number of hydrogen-bond donors (Lipinski definition) is 2. The summed E-state index contributed by atoms with van der Waals surface area (Å²) in [5, 5.41) is 14.6. The Morgan fingerprint density at radius 2 is 2.00 bits per heavy atom. The van der Waals surface area contributed by atoms with Crippen LogP contribution < -0.4 is 15.5 Å². The number of amides is 3. The molecule has 2 aliphatic heterocycles. The summed E-state index contributed by atoms with van der Waals surface area (Å²) < 4.78 is 0. The molecule has 2 fully saturated rings. The van der Waals surface area contributed by atoms with Crippen LogP contribution in [0, 0.1) is 24.2 Å². The van der Waals surface area contributed by atoms with Crippen molar-refractivity contribution in [2.24, 2.45) is 5.92 Å². The predicted octanol–water partition coefficient (Wildman–Crippen LogP) is 1.61. The van der Waals surface area contributed by atoms with E-state index in [-0.39, 0.29) is 11.8 Å². The van der Waals surface area contributed by atoms with Gasteiger partial charge in [0.15, 0.2) is 5.54 Å². The maximum absolute atomic E-state index is 12.8. The molecule has 1 atom stereocenters. The molecule has 8 heteroatoms. The average molecular weight is 376 g/mol. The average Bonchev–Trinajstić information content (AvgIpc) is 3.03. The van der Waals surface area contributed by atoms with Crippen molar-refractivity contribution in [3.05, 3.63) is 53.5 Å². The number of urea groups is 1. The molecule has 0 spiro atoms. The third-order valence-electron chi connectivity index (χ3n) is 5.51. The van der Waals surface area contributed by atoms with Crippen molar-refractivity contribution in [3.63, 3.8) is 0 Å². The number of rotatable bonds is 3. The van der Waals surface area contributed by atoms with Gasteiger partial charge in [-0.25, -0.2) is 9.78 Å². The maximum Gasteiger partial charge on any atom is 0.322 e. The van der Waals surface area contributed by atoms with Crippen molar-refractivity contribution in [2.45, 2.75) is 25.3 Å². The van der Waals surface area contributed by atoms with E-state index in [0.29, 0.717) is 43.0 Å². The van der Waals surface area contributed by atoms with Crippen LogP contribution >= 0.6 is 0 Å². The van der Waals surface area contributed by atoms with Crippen LogP contribution in [0.5, 0.6) is 0 Å². The Labute approximate surface area is 162 Å². The molecule has 0 radical (unpaired) electrons. The van der Waals surface area contributed by atoms with Crippen molar-refractivity contribution >= 4 is 17.8 Å². The van der Waals surface area contributed by atoms with Crippen LogP contribution in [0.4, 0.5) is 10.6 Å². The maximum atomic E-state index is 12.8. The van der Waals surface area contributed by atoms with Crippen LogP contribution in [-0.4, -0.2) is 35.0 Å². The van der Waals surface area contributed by atoms with E-state index in [2.05, 4.69) is 31.6 Å². The Kier molecular flexibility index (Phi) is 4.43. The zero-order chi connectivity index (χ0) is 19.7. The topological polar surface area (TPSA) is 111 Å². The number of aromatic nitrogens is 2. The van der Waals surface area contributed by atoms with Crippen LogP contribution in [0.3, 0.4) is 0 Å². The highest BCUT2D eigenvalue weighted by molar-refractivity contribution is 6.07. The third-order valence-corrected chi connectivity index (χ3v) is 5.51. The molecular formula is C20H20N6O2. The fraction of sp³-hybridized carbons (Fsp3) is 0.350. The minimum Gasteiger partial charge on any atom is -0.355 e. The second kappa shape index (κ2) is 6.93. The molecule has 2 N–H and O–H groups in total. The van der Waals surface area contributed by atoms with E-state index >= 15 is 0 Å². The Morgan fingerprint density at radius 3 is 2.61 bits per heavy atom. The van der Waals surface area contributed by atoms with Crippen molar-refractivity contribution < 1.29 is 9.59 Å². The normalized spacial score (nSPS) is 22.5. The molecule has 4 heterocycles. The van der Waals surface area contributed by atoms with E-state index in [9.17, 15) is 14.9 Å². The van der Waals surface area contributed by atoms with E-state index in [1.807, 2.05) is 19.1 Å². The van der Waals surface area contributed by atoms with Gasteiger partial charge < -0.3 is 10.2 Å². The first-order valence-electron chi connectivity index (χ1n) is 9.22. The lowest BCUT2D eigenvalue weighted by Crippen LogP contribution is -2.54. The van der Waals surface area contributed by atoms with Gasteiger partial charge in [-0.3, -0.25) is 15.1 Å². The zero-order valence-electron chi connectivity index (χ0n) is 15.5. The van der Waals surface area contributed by atoms with Gasteiger partial charge >= 0.3 is 6.03 Å². The molecule has 8 nitrogen and oxygen atoms in total. The number of nitrogens with zero attached hydrogens (tertiary/aromatic N) is 4. The summed E-state index contributed by atoms with van der Waals surface area (Å²) in [6.07, 6.45) is 2.94. The predicted molar refractivity (Wildman–Crippen MR) is 101 cm³/mol. The Bertz CT molecular complexity index is 962. The zero-order valence-corrected chi connectivity index (χ0v) is 15.5. The number of aryl methyl sites for hydroxylation is 1. The molecule has 142 valence electrons. The highest BCUT2D eigenvalue weighted by Gasteiger charge is 2.54. The summed E-state index contributed by atoms with van der Waals surface area (Å²) in [6.45, 7) is 3.16. The second-order valence-electron chi connectivity index (χ2n) is 7.13. The first kappa shape index (κ1) is 17.9. The number of nitriles is 1. The molecule has 0 aromatic carbocycles. The number of anilines is 1. The summed E-state index contributed by atoms with van der Waals surface area (Å²) in [5.74, 6) is 0.203. The largest absolute Gasteiger partial charge is 0.355 e. The molecule has 0 bridgehead atoms. The fourth-order valence-electron chi connectivity index (χ4n) is 4.14. The van der Waals surface area contributed by atoms with Gasteiger partial charge in [-0.1, -0.05) is 6.07 Å². The van der Waals surface area contributed by atoms with Gasteiger partial charge in [0.2, 0.25) is 0 Å². The van der Waals surface area contributed by atoms with Gasteiger partial charge in [0, 0.05) is 30.9 Å². The monoisotopic (exact) mass is 376 g/mol. The van der Waals surface area contributed by atoms with Crippen LogP contribution in [-0.2, 0) is 10.3 Å². The molecular weight excluding hydrogens is 356 g/mol. The van der Waals surface area contributed by atoms with Crippen molar-refractivity contribution in [3.8, 4) is 6.07 Å². The molecule has 2 aliphatic rings. The van der Waals surface area contributed by atoms with Gasteiger partial charge in [0.1, 0.15) is 11.9 Å². The molecule has 2 saturated heterocycles. The Morgan fingerprint density at radius 1 is 1.21 bits per heavy atom. The van der Waals surface area contributed by atoms with Crippen LogP contribution in [0.1, 0.15) is 29.8 Å². The highest BCUT2D eigenvalue weighted by atomic mass is 16.2. The molecule has 3 amide bonds. The molecule has 2 aromatic heterocycles. The van der Waals surface area contributed by atoms with Gasteiger partial charge in [-0.2, -0.15) is 5.26 Å². The van der Waals surface area contributed by atoms with E-state index in [1.165, 1.54) is 0 Å². The molecule has 28 heavy (non-hydrogen) atoms. The van der Waals surface area contributed by atoms with Gasteiger partial charge in [0.25, 0.3) is 5.91 Å². The fourth-order valence-corrected chi connectivity index (χ4v) is 4.14. The van der Waals surface area contributed by atoms with Gasteiger partial charge in [-0.05, 0) is 44.0 Å². The molecule has 0 saturated carbocycles. The molecule has 0 aliphatic carbocycles. The third kappa shape index (κ3) is 2.85. The first-order chi connectivity index (χ1) is 13.5. The molecule has 2 aromatic rings. The van der Waals surface area contributed by atoms with Crippen molar-refractivity contribution in [1.29, 1.82) is 5.26 Å². The van der Waals surface area contributed by atoms with E-state index in [1.54, 1.807) is 24.4 Å². The molecule has 1 unspecified atom stereocenters. The number of hydrogen-bond acceptors (Lipinski definition) is 6. The lowest BCUT2D eigenvalue weighted by Gasteiger charge is -2.40. The SMILES string of the molecule is Cc1ccc(C#N)c(N2CCC(C3(c4ccccn4)NC(=O)NC3=O)CC2)n1. The number of nitrogens with one attached hydrogen (secondary N) is 2. The van der Waals surface area contributed by atoms with Gasteiger partial charge in [-0.15, -0.1) is 0 Å². The van der Waals surface area contributed by atoms with Gasteiger partial charge in [0.05, 0.1) is 11.3 Å².